The number of benzene rings is 2. The molecule has 2 aromatic carbocycles. The van der Waals surface area contributed by atoms with Crippen molar-refractivity contribution in [3.05, 3.63) is 59.7 Å². The van der Waals surface area contributed by atoms with E-state index in [1.807, 2.05) is 36.4 Å². The summed E-state index contributed by atoms with van der Waals surface area (Å²) in [4.78, 5) is 37.1. The van der Waals surface area contributed by atoms with Gasteiger partial charge in [0.15, 0.2) is 0 Å². The van der Waals surface area contributed by atoms with Crippen LogP contribution >= 0.6 is 0 Å². The molecule has 1 heterocycles. The van der Waals surface area contributed by atoms with Crippen LogP contribution in [0.1, 0.15) is 36.3 Å². The molecule has 32 heavy (non-hydrogen) atoms. The van der Waals surface area contributed by atoms with E-state index in [2.05, 4.69) is 22.8 Å². The lowest BCUT2D eigenvalue weighted by atomic mass is 9.96. The van der Waals surface area contributed by atoms with E-state index >= 15 is 0 Å². The van der Waals surface area contributed by atoms with E-state index in [4.69, 9.17) is 9.47 Å². The Morgan fingerprint density at radius 3 is 2.09 bits per heavy atom. The van der Waals surface area contributed by atoms with Crippen molar-refractivity contribution in [3.8, 4) is 11.1 Å². The van der Waals surface area contributed by atoms with Crippen molar-refractivity contribution in [2.24, 2.45) is 0 Å². The molecule has 0 bridgehead atoms. The number of ether oxygens (including phenoxy) is 2. The fourth-order valence-corrected chi connectivity index (χ4v) is 4.58. The normalized spacial score (nSPS) is 22.5. The number of nitrogens with one attached hydrogen (secondary N) is 2. The first-order valence-corrected chi connectivity index (χ1v) is 10.7. The molecule has 0 radical (unpaired) electrons. The number of carboxylic acids is 1. The first-order chi connectivity index (χ1) is 15.4. The van der Waals surface area contributed by atoms with Crippen molar-refractivity contribution >= 4 is 18.0 Å². The molecule has 1 saturated heterocycles. The number of alkyl carbamates (subject to hydrolysis) is 1. The van der Waals surface area contributed by atoms with Crippen molar-refractivity contribution in [1.29, 1.82) is 0 Å². The van der Waals surface area contributed by atoms with Crippen LogP contribution in [0.25, 0.3) is 11.1 Å². The molecule has 2 fully saturated rings. The Labute approximate surface area is 184 Å². The quantitative estimate of drug-likeness (QED) is 0.641. The molecule has 1 aliphatic heterocycles. The third-order valence-corrected chi connectivity index (χ3v) is 6.65. The van der Waals surface area contributed by atoms with Crippen molar-refractivity contribution in [1.82, 2.24) is 10.6 Å². The standard InChI is InChI=1S/C24H24N2O6/c27-20(25-23(9-10-23)21(28)29)24(11-12-31-14-24)26-22(30)32-13-19-17-7-3-1-5-15(17)16-6-2-4-8-18(16)19/h1-8,19H,9-14H2,(H,25,27)(H,26,30)(H,28,29). The third-order valence-electron chi connectivity index (χ3n) is 6.65. The van der Waals surface area contributed by atoms with Crippen LogP contribution in [0.3, 0.4) is 0 Å². The van der Waals surface area contributed by atoms with E-state index in [-0.39, 0.29) is 32.2 Å². The minimum atomic E-state index is -1.34. The van der Waals surface area contributed by atoms with Crippen LogP contribution < -0.4 is 10.6 Å². The van der Waals surface area contributed by atoms with Crippen LogP contribution in [0.15, 0.2) is 48.5 Å². The molecule has 0 spiro atoms. The zero-order valence-corrected chi connectivity index (χ0v) is 17.4. The Morgan fingerprint density at radius 2 is 1.56 bits per heavy atom. The van der Waals surface area contributed by atoms with E-state index < -0.39 is 29.0 Å². The van der Waals surface area contributed by atoms with Gasteiger partial charge in [0.2, 0.25) is 5.91 Å². The van der Waals surface area contributed by atoms with E-state index in [9.17, 15) is 19.5 Å². The number of hydrogen-bond donors (Lipinski definition) is 3. The fourth-order valence-electron chi connectivity index (χ4n) is 4.58. The van der Waals surface area contributed by atoms with Crippen molar-refractivity contribution in [3.63, 3.8) is 0 Å². The van der Waals surface area contributed by atoms with Gasteiger partial charge in [-0.15, -0.1) is 0 Å². The summed E-state index contributed by atoms with van der Waals surface area (Å²) in [6.07, 6.45) is 0.262. The first kappa shape index (κ1) is 20.5. The monoisotopic (exact) mass is 436 g/mol. The number of aliphatic carboxylic acids is 1. The second-order valence-electron chi connectivity index (χ2n) is 8.68. The summed E-state index contributed by atoms with van der Waals surface area (Å²) in [5.74, 6) is -1.72. The molecule has 1 unspecified atom stereocenters. The maximum absolute atomic E-state index is 12.9. The lowest BCUT2D eigenvalue weighted by molar-refractivity contribution is -0.144. The Bertz CT molecular complexity index is 1040. The predicted octanol–water partition coefficient (Wildman–Crippen LogP) is 2.42. The van der Waals surface area contributed by atoms with E-state index in [1.165, 1.54) is 0 Å². The van der Waals surface area contributed by atoms with Crippen LogP contribution in [0.2, 0.25) is 0 Å². The Balaban J connectivity index is 1.28. The van der Waals surface area contributed by atoms with Gasteiger partial charge in [-0.2, -0.15) is 0 Å². The van der Waals surface area contributed by atoms with E-state index in [1.54, 1.807) is 0 Å². The highest BCUT2D eigenvalue weighted by molar-refractivity contribution is 5.96. The zero-order chi connectivity index (χ0) is 22.3. The number of rotatable bonds is 6. The lowest BCUT2D eigenvalue weighted by Gasteiger charge is -2.29. The number of amides is 2. The minimum absolute atomic E-state index is 0.0290. The maximum Gasteiger partial charge on any atom is 0.408 e. The first-order valence-electron chi connectivity index (χ1n) is 10.7. The molecular weight excluding hydrogens is 412 g/mol. The minimum Gasteiger partial charge on any atom is -0.480 e. The summed E-state index contributed by atoms with van der Waals surface area (Å²) in [5.41, 5.74) is 1.86. The van der Waals surface area contributed by atoms with E-state index in [0.717, 1.165) is 22.3 Å². The number of hydrogen-bond acceptors (Lipinski definition) is 5. The van der Waals surface area contributed by atoms with Gasteiger partial charge in [-0.05, 0) is 35.1 Å². The predicted molar refractivity (Wildman–Crippen MR) is 114 cm³/mol. The van der Waals surface area contributed by atoms with Crippen molar-refractivity contribution in [2.45, 2.75) is 36.3 Å². The van der Waals surface area contributed by atoms with Crippen LogP contribution in [-0.4, -0.2) is 54.0 Å². The largest absolute Gasteiger partial charge is 0.480 e. The summed E-state index contributed by atoms with van der Waals surface area (Å²) in [6.45, 7) is 0.382. The highest BCUT2D eigenvalue weighted by Crippen LogP contribution is 2.44. The summed E-state index contributed by atoms with van der Waals surface area (Å²) in [5, 5.41) is 14.6. The van der Waals surface area contributed by atoms with Crippen LogP contribution in [0.5, 0.6) is 0 Å². The molecule has 8 nitrogen and oxygen atoms in total. The maximum atomic E-state index is 12.9. The van der Waals surface area contributed by atoms with Crippen LogP contribution in [0.4, 0.5) is 4.79 Å². The molecule has 1 atom stereocenters. The number of carbonyl (C=O) groups is 3. The Kier molecular flexibility index (Phi) is 4.89. The number of fused-ring (bicyclic) bond motifs is 3. The van der Waals surface area contributed by atoms with Crippen LogP contribution in [0, 0.1) is 0 Å². The molecule has 5 rings (SSSR count). The van der Waals surface area contributed by atoms with Gasteiger partial charge in [-0.3, -0.25) is 4.79 Å². The molecule has 8 heteroatoms. The molecule has 0 aromatic heterocycles. The average molecular weight is 436 g/mol. The van der Waals surface area contributed by atoms with Crippen molar-refractivity contribution < 1.29 is 29.0 Å². The second kappa shape index (κ2) is 7.63. The summed E-state index contributed by atoms with van der Waals surface area (Å²) < 4.78 is 10.9. The van der Waals surface area contributed by atoms with Gasteiger partial charge in [0.1, 0.15) is 17.7 Å². The topological polar surface area (TPSA) is 114 Å². The summed E-state index contributed by atoms with van der Waals surface area (Å²) in [6, 6.07) is 16.1. The smallest absolute Gasteiger partial charge is 0.408 e. The Hall–Kier alpha value is -3.39. The molecule has 3 aliphatic rings. The highest BCUT2D eigenvalue weighted by atomic mass is 16.6. The third kappa shape index (κ3) is 3.40. The second-order valence-corrected chi connectivity index (χ2v) is 8.68. The summed E-state index contributed by atoms with van der Waals surface area (Å²) >= 11 is 0. The van der Waals surface area contributed by atoms with Gasteiger partial charge >= 0.3 is 12.1 Å². The SMILES string of the molecule is O=C(NC1(C(=O)NC2(C(=O)O)CC2)CCOC1)OCC1c2ccccc2-c2ccccc21. The lowest BCUT2D eigenvalue weighted by Crippen LogP contribution is -2.62. The van der Waals surface area contributed by atoms with Gasteiger partial charge < -0.3 is 25.2 Å². The Morgan fingerprint density at radius 1 is 0.938 bits per heavy atom. The zero-order valence-electron chi connectivity index (χ0n) is 17.4. The number of carbonyl (C=O) groups excluding carboxylic acids is 2. The van der Waals surface area contributed by atoms with Crippen LogP contribution in [-0.2, 0) is 19.1 Å². The van der Waals surface area contributed by atoms with Gasteiger partial charge in [-0.25, -0.2) is 9.59 Å². The summed E-state index contributed by atoms with van der Waals surface area (Å²) in [7, 11) is 0. The molecule has 3 N–H and O–H groups in total. The molecule has 2 aliphatic carbocycles. The van der Waals surface area contributed by atoms with E-state index in [0.29, 0.717) is 12.8 Å². The highest BCUT2D eigenvalue weighted by Gasteiger charge is 2.55. The fraction of sp³-hybridized carbons (Fsp3) is 0.375. The molecule has 2 amide bonds. The molecule has 2 aromatic rings. The number of carboxylic acid groups (broad SMARTS) is 1. The van der Waals surface area contributed by atoms with Gasteiger partial charge in [0, 0.05) is 18.9 Å². The molecular formula is C24H24N2O6. The molecule has 1 saturated carbocycles. The van der Waals surface area contributed by atoms with Crippen molar-refractivity contribution in [2.75, 3.05) is 19.8 Å². The van der Waals surface area contributed by atoms with Gasteiger partial charge in [-0.1, -0.05) is 48.5 Å². The van der Waals surface area contributed by atoms with Gasteiger partial charge in [0.05, 0.1) is 6.61 Å². The van der Waals surface area contributed by atoms with Gasteiger partial charge in [0.25, 0.3) is 0 Å². The average Bonchev–Trinajstić information content (AvgIpc) is 3.30. The molecule has 166 valence electrons.